The molecule has 8 nitrogen and oxygen atoms in total. The second kappa shape index (κ2) is 13.7. The van der Waals surface area contributed by atoms with E-state index in [1.54, 1.807) is 0 Å². The van der Waals surface area contributed by atoms with Crippen LogP contribution < -0.4 is 5.32 Å². The molecule has 1 aliphatic heterocycles. The topological polar surface area (TPSA) is 75.3 Å². The van der Waals surface area contributed by atoms with Crippen molar-refractivity contribution in [1.29, 1.82) is 0 Å². The molecule has 2 aromatic rings. The van der Waals surface area contributed by atoms with Crippen LogP contribution in [-0.4, -0.2) is 48.4 Å². The zero-order valence-corrected chi connectivity index (χ0v) is 26.5. The molecule has 236 valence electrons. The van der Waals surface area contributed by atoms with Crippen molar-refractivity contribution in [2.24, 2.45) is 11.3 Å². The molecule has 0 bridgehead atoms. The molecule has 3 aliphatic rings. The van der Waals surface area contributed by atoms with Crippen LogP contribution in [0.15, 0.2) is 60.7 Å². The normalized spacial score (nSPS) is 28.1. The molecular formula is C35H51N2O6+. The number of hydrogen-bond acceptors (Lipinski definition) is 6. The van der Waals surface area contributed by atoms with Crippen LogP contribution in [0, 0.1) is 11.3 Å². The third-order valence-corrected chi connectivity index (χ3v) is 9.59. The minimum Gasteiger partial charge on any atom is -0.446 e. The highest BCUT2D eigenvalue weighted by molar-refractivity contribution is 5.67. The second-order valence-electron chi connectivity index (χ2n) is 14.3. The Morgan fingerprint density at radius 1 is 0.814 bits per heavy atom. The van der Waals surface area contributed by atoms with Crippen molar-refractivity contribution >= 4 is 6.09 Å². The van der Waals surface area contributed by atoms with Crippen LogP contribution in [0.25, 0.3) is 0 Å². The Morgan fingerprint density at radius 3 is 1.74 bits per heavy atom. The van der Waals surface area contributed by atoms with Crippen molar-refractivity contribution in [3.63, 3.8) is 0 Å². The van der Waals surface area contributed by atoms with Crippen molar-refractivity contribution < 1.29 is 33.6 Å². The predicted molar refractivity (Wildman–Crippen MR) is 164 cm³/mol. The van der Waals surface area contributed by atoms with Crippen molar-refractivity contribution in [2.75, 3.05) is 20.1 Å². The van der Waals surface area contributed by atoms with Gasteiger partial charge in [-0.25, -0.2) is 4.79 Å². The molecule has 0 unspecified atom stereocenters. The fourth-order valence-corrected chi connectivity index (χ4v) is 6.84. The molecule has 1 N–H and O–H groups in total. The van der Waals surface area contributed by atoms with Gasteiger partial charge in [0, 0.05) is 49.8 Å². The van der Waals surface area contributed by atoms with Crippen LogP contribution in [-0.2, 0) is 37.4 Å². The van der Waals surface area contributed by atoms with Crippen molar-refractivity contribution in [3.8, 4) is 0 Å². The van der Waals surface area contributed by atoms with Crippen molar-refractivity contribution in [2.45, 2.75) is 109 Å². The van der Waals surface area contributed by atoms with Gasteiger partial charge in [0.15, 0.2) is 0 Å². The summed E-state index contributed by atoms with van der Waals surface area (Å²) < 4.78 is 6.61. The number of quaternary nitrogens is 1. The first-order valence-corrected chi connectivity index (χ1v) is 16.2. The maximum absolute atomic E-state index is 12.6. The molecule has 2 spiro atoms. The minimum absolute atomic E-state index is 0.187. The number of carbonyl (C=O) groups excluding carboxylic acids is 1. The van der Waals surface area contributed by atoms with Crippen LogP contribution in [0.2, 0.25) is 0 Å². The number of rotatable bonds is 9. The summed E-state index contributed by atoms with van der Waals surface area (Å²) in [7, 11) is 2.29. The molecular weight excluding hydrogens is 544 g/mol. The molecule has 5 rings (SSSR count). The molecule has 0 atom stereocenters. The van der Waals surface area contributed by atoms with Crippen molar-refractivity contribution in [3.05, 3.63) is 71.8 Å². The maximum atomic E-state index is 12.6. The van der Waals surface area contributed by atoms with Crippen molar-refractivity contribution in [1.82, 2.24) is 5.32 Å². The number of carbonyl (C=O) groups is 1. The maximum Gasteiger partial charge on any atom is 0.407 e. The first-order valence-electron chi connectivity index (χ1n) is 16.2. The van der Waals surface area contributed by atoms with E-state index in [0.717, 1.165) is 56.2 Å². The van der Waals surface area contributed by atoms with Crippen LogP contribution in [0.3, 0.4) is 0 Å². The molecule has 1 heterocycles. The quantitative estimate of drug-likeness (QED) is 0.185. The second-order valence-corrected chi connectivity index (χ2v) is 14.3. The first kappa shape index (κ1) is 31.9. The lowest BCUT2D eigenvalue weighted by molar-refractivity contribution is -0.935. The Hall–Kier alpha value is -2.49. The molecule has 2 saturated carbocycles. The molecule has 3 fully saturated rings. The lowest BCUT2D eigenvalue weighted by atomic mass is 9.71. The smallest absolute Gasteiger partial charge is 0.407 e. The van der Waals surface area contributed by atoms with E-state index >= 15 is 0 Å². The van der Waals surface area contributed by atoms with E-state index < -0.39 is 11.6 Å². The van der Waals surface area contributed by atoms with E-state index in [4.69, 9.17) is 24.3 Å². The molecule has 2 aromatic carbocycles. The number of ether oxygens (including phenoxy) is 1. The van der Waals surface area contributed by atoms with E-state index in [2.05, 4.69) is 93.8 Å². The summed E-state index contributed by atoms with van der Waals surface area (Å²) in [4.78, 5) is 36.1. The third kappa shape index (κ3) is 8.79. The number of nitrogens with zero attached hydrogens (tertiary/aromatic N) is 1. The average molecular weight is 596 g/mol. The Balaban J connectivity index is 1.02. The Bertz CT molecular complexity index is 1100. The van der Waals surface area contributed by atoms with Gasteiger partial charge in [0.25, 0.3) is 0 Å². The summed E-state index contributed by atoms with van der Waals surface area (Å²) in [6.07, 6.45) is 6.20. The highest BCUT2D eigenvalue weighted by Gasteiger charge is 2.52. The zero-order valence-electron chi connectivity index (χ0n) is 26.5. The lowest BCUT2D eigenvalue weighted by Crippen LogP contribution is -2.54. The molecule has 1 amide bonds. The Kier molecular flexibility index (Phi) is 10.1. The standard InChI is InChI=1S/C35H50N2O6/c1-33(2,3)30-16-20-34(21-17-30)40-42-35(43-41-34)22-18-31(19-23-35)39-32(38)36-24-11-25-37(4,26-28-12-7-5-8-13-28)27-29-14-9-6-10-15-29/h5-10,12-15,30-31H,11,16-27H2,1-4H3/p+1. The number of amides is 1. The van der Waals surface area contributed by atoms with Crippen LogP contribution in [0.5, 0.6) is 0 Å². The fraction of sp³-hybridized carbons (Fsp3) is 0.629. The van der Waals surface area contributed by atoms with E-state index in [0.29, 0.717) is 38.1 Å². The van der Waals surface area contributed by atoms with Gasteiger partial charge in [-0.3, -0.25) is 0 Å². The molecule has 0 aromatic heterocycles. The number of hydrogen-bond donors (Lipinski definition) is 1. The van der Waals surface area contributed by atoms with Gasteiger partial charge in [-0.05, 0) is 37.0 Å². The van der Waals surface area contributed by atoms with Crippen LogP contribution >= 0.6 is 0 Å². The number of benzene rings is 2. The van der Waals surface area contributed by atoms with Crippen LogP contribution in [0.1, 0.15) is 89.7 Å². The summed E-state index contributed by atoms with van der Waals surface area (Å²) in [5.41, 5.74) is 2.90. The number of nitrogens with one attached hydrogen (secondary N) is 1. The van der Waals surface area contributed by atoms with Gasteiger partial charge in [-0.1, -0.05) is 81.4 Å². The van der Waals surface area contributed by atoms with Gasteiger partial charge in [-0.15, -0.1) is 0 Å². The molecule has 8 heteroatoms. The summed E-state index contributed by atoms with van der Waals surface area (Å²) in [5, 5.41) is 2.97. The third-order valence-electron chi connectivity index (χ3n) is 9.59. The van der Waals surface area contributed by atoms with Gasteiger partial charge in [-0.2, -0.15) is 19.6 Å². The molecule has 1 saturated heterocycles. The highest BCUT2D eigenvalue weighted by Crippen LogP contribution is 2.48. The summed E-state index contributed by atoms with van der Waals surface area (Å²) in [5.74, 6) is -1.10. The monoisotopic (exact) mass is 595 g/mol. The zero-order chi connectivity index (χ0) is 30.4. The first-order chi connectivity index (χ1) is 20.6. The largest absolute Gasteiger partial charge is 0.446 e. The van der Waals surface area contributed by atoms with E-state index in [9.17, 15) is 4.79 Å². The summed E-state index contributed by atoms with van der Waals surface area (Å²) in [6.45, 7) is 10.2. The molecule has 0 radical (unpaired) electrons. The predicted octanol–water partition coefficient (Wildman–Crippen LogP) is 7.43. The highest BCUT2D eigenvalue weighted by atomic mass is 17.4. The summed E-state index contributed by atoms with van der Waals surface area (Å²) in [6, 6.07) is 21.2. The lowest BCUT2D eigenvalue weighted by Gasteiger charge is -2.48. The van der Waals surface area contributed by atoms with E-state index in [-0.39, 0.29) is 17.6 Å². The van der Waals surface area contributed by atoms with Crippen LogP contribution in [0.4, 0.5) is 4.79 Å². The molecule has 43 heavy (non-hydrogen) atoms. The SMILES string of the molecule is CC(C)(C)C1CCC2(CC1)OOC1(CCC(OC(=O)NCCC[N+](C)(Cc3ccccc3)Cc3ccccc3)CC1)OO2. The number of alkyl carbamates (subject to hydrolysis) is 1. The Morgan fingerprint density at radius 2 is 1.28 bits per heavy atom. The van der Waals surface area contributed by atoms with Gasteiger partial charge >= 0.3 is 6.09 Å². The minimum atomic E-state index is -0.928. The van der Waals surface area contributed by atoms with Gasteiger partial charge in [0.2, 0.25) is 11.6 Å². The average Bonchev–Trinajstić information content (AvgIpc) is 2.99. The van der Waals surface area contributed by atoms with Gasteiger partial charge in [0.05, 0.1) is 13.6 Å². The van der Waals surface area contributed by atoms with Gasteiger partial charge < -0.3 is 14.5 Å². The van der Waals surface area contributed by atoms with Gasteiger partial charge in [0.1, 0.15) is 19.2 Å². The van der Waals surface area contributed by atoms with E-state index in [1.807, 2.05) is 0 Å². The van der Waals surface area contributed by atoms with E-state index in [1.165, 1.54) is 11.1 Å². The fourth-order valence-electron chi connectivity index (χ4n) is 6.84. The Labute approximate surface area is 257 Å². The molecule has 2 aliphatic carbocycles. The summed E-state index contributed by atoms with van der Waals surface area (Å²) >= 11 is 0.